The average Bonchev–Trinajstić information content (AvgIpc) is 3.28. The molecule has 1 heterocycles. The molecule has 11 heteroatoms. The topological polar surface area (TPSA) is 115 Å². The number of allylic oxidation sites excluding steroid dienone is 1. The number of ether oxygens (including phenoxy) is 1. The summed E-state index contributed by atoms with van der Waals surface area (Å²) in [6.07, 6.45) is 1.70. The summed E-state index contributed by atoms with van der Waals surface area (Å²) in [4.78, 5) is 37.6. The number of nitrogens with one attached hydrogen (secondary N) is 2. The van der Waals surface area contributed by atoms with Crippen LogP contribution in [0.15, 0.2) is 66.3 Å². The second-order valence-electron chi connectivity index (χ2n) is 8.55. The Balaban J connectivity index is 1.73. The van der Waals surface area contributed by atoms with E-state index in [-0.39, 0.29) is 30.1 Å². The molecule has 1 aromatic heterocycles. The summed E-state index contributed by atoms with van der Waals surface area (Å²) >= 11 is 7.41. The zero-order chi connectivity index (χ0) is 27.7. The van der Waals surface area contributed by atoms with Crippen molar-refractivity contribution in [3.63, 3.8) is 0 Å². The van der Waals surface area contributed by atoms with Crippen LogP contribution in [0.4, 0.5) is 5.69 Å². The van der Waals surface area contributed by atoms with Crippen molar-refractivity contribution in [3.8, 4) is 0 Å². The zero-order valence-corrected chi connectivity index (χ0v) is 23.0. The Morgan fingerprint density at radius 3 is 2.61 bits per heavy atom. The van der Waals surface area contributed by atoms with Crippen LogP contribution in [-0.4, -0.2) is 44.9 Å². The first-order chi connectivity index (χ1) is 18.2. The van der Waals surface area contributed by atoms with E-state index in [0.717, 1.165) is 0 Å². The molecule has 0 saturated carbocycles. The summed E-state index contributed by atoms with van der Waals surface area (Å²) in [6.45, 7) is 10.1. The smallest absolute Gasteiger partial charge is 0.338 e. The van der Waals surface area contributed by atoms with Crippen LogP contribution in [0.2, 0.25) is 5.02 Å². The molecular formula is C27H30ClN5O4S. The monoisotopic (exact) mass is 555 g/mol. The Hall–Kier alpha value is -3.63. The summed E-state index contributed by atoms with van der Waals surface area (Å²) in [5.41, 5.74) is 1.20. The van der Waals surface area contributed by atoms with Gasteiger partial charge in [0.15, 0.2) is 11.0 Å². The average molecular weight is 556 g/mol. The van der Waals surface area contributed by atoms with Crippen molar-refractivity contribution < 1.29 is 19.1 Å². The Morgan fingerprint density at radius 2 is 1.92 bits per heavy atom. The molecule has 1 atom stereocenters. The van der Waals surface area contributed by atoms with E-state index in [2.05, 4.69) is 27.4 Å². The fraction of sp³-hybridized carbons (Fsp3) is 0.296. The minimum Gasteiger partial charge on any atom is -0.462 e. The van der Waals surface area contributed by atoms with Gasteiger partial charge in [0.05, 0.1) is 34.6 Å². The third-order valence-corrected chi connectivity index (χ3v) is 6.69. The van der Waals surface area contributed by atoms with Crippen LogP contribution in [0.3, 0.4) is 0 Å². The fourth-order valence-corrected chi connectivity index (χ4v) is 4.57. The second-order valence-corrected chi connectivity index (χ2v) is 9.90. The maximum atomic E-state index is 13.0. The van der Waals surface area contributed by atoms with Crippen LogP contribution in [0.1, 0.15) is 53.4 Å². The van der Waals surface area contributed by atoms with Crippen molar-refractivity contribution in [1.29, 1.82) is 0 Å². The standard InChI is InChI=1S/C27H30ClN5O4S/c1-5-14-33-24(23(17(3)4)30-25(35)20-12-7-8-13-21(20)28)31-32-27(33)38-16-22(34)29-19-11-9-10-18(15-19)26(36)37-6-2/h5,7-13,15,17,23H,1,6,14,16H2,2-4H3,(H,29,34)(H,30,35)/t23-/m0/s1. The van der Waals surface area contributed by atoms with Gasteiger partial charge in [0.25, 0.3) is 5.91 Å². The van der Waals surface area contributed by atoms with E-state index in [1.165, 1.54) is 11.8 Å². The van der Waals surface area contributed by atoms with Gasteiger partial charge in [-0.3, -0.25) is 9.59 Å². The molecule has 9 nitrogen and oxygen atoms in total. The van der Waals surface area contributed by atoms with E-state index in [9.17, 15) is 14.4 Å². The first kappa shape index (κ1) is 28.9. The van der Waals surface area contributed by atoms with Gasteiger partial charge in [-0.15, -0.1) is 16.8 Å². The molecular weight excluding hydrogens is 526 g/mol. The molecule has 0 fully saturated rings. The number of carbonyl (C=O) groups is 3. The molecule has 0 aliphatic carbocycles. The summed E-state index contributed by atoms with van der Waals surface area (Å²) in [5, 5.41) is 15.3. The van der Waals surface area contributed by atoms with Crippen molar-refractivity contribution in [2.75, 3.05) is 17.7 Å². The number of thioether (sulfide) groups is 1. The number of anilines is 1. The molecule has 2 N–H and O–H groups in total. The second kappa shape index (κ2) is 13.8. The molecule has 0 spiro atoms. The highest BCUT2D eigenvalue weighted by atomic mass is 35.5. The number of rotatable bonds is 12. The summed E-state index contributed by atoms with van der Waals surface area (Å²) in [6, 6.07) is 12.9. The van der Waals surface area contributed by atoms with Gasteiger partial charge in [0.1, 0.15) is 0 Å². The largest absolute Gasteiger partial charge is 0.462 e. The normalized spacial score (nSPS) is 11.6. The van der Waals surface area contributed by atoms with Gasteiger partial charge in [-0.2, -0.15) is 0 Å². The van der Waals surface area contributed by atoms with E-state index in [1.807, 2.05) is 18.4 Å². The van der Waals surface area contributed by atoms with Crippen LogP contribution in [-0.2, 0) is 16.1 Å². The molecule has 2 aromatic carbocycles. The van der Waals surface area contributed by atoms with Crippen LogP contribution in [0, 0.1) is 5.92 Å². The minimum atomic E-state index is -0.458. The van der Waals surface area contributed by atoms with Crippen LogP contribution < -0.4 is 10.6 Å². The van der Waals surface area contributed by atoms with Gasteiger partial charge in [-0.25, -0.2) is 4.79 Å². The first-order valence-electron chi connectivity index (χ1n) is 12.0. The summed E-state index contributed by atoms with van der Waals surface area (Å²) in [5.74, 6) is -0.465. The lowest BCUT2D eigenvalue weighted by molar-refractivity contribution is -0.113. The molecule has 3 rings (SSSR count). The lowest BCUT2D eigenvalue weighted by Gasteiger charge is -2.23. The lowest BCUT2D eigenvalue weighted by Crippen LogP contribution is -2.34. The highest BCUT2D eigenvalue weighted by Crippen LogP contribution is 2.26. The number of esters is 1. The van der Waals surface area contributed by atoms with E-state index in [4.69, 9.17) is 16.3 Å². The third-order valence-electron chi connectivity index (χ3n) is 5.40. The number of amides is 2. The van der Waals surface area contributed by atoms with Crippen LogP contribution >= 0.6 is 23.4 Å². The van der Waals surface area contributed by atoms with E-state index >= 15 is 0 Å². The molecule has 0 aliphatic rings. The van der Waals surface area contributed by atoms with Crippen molar-refractivity contribution in [1.82, 2.24) is 20.1 Å². The molecule has 0 unspecified atom stereocenters. The number of hydrogen-bond donors (Lipinski definition) is 2. The van der Waals surface area contributed by atoms with Crippen LogP contribution in [0.25, 0.3) is 0 Å². The molecule has 0 bridgehead atoms. The van der Waals surface area contributed by atoms with Crippen molar-refractivity contribution in [2.45, 2.75) is 38.5 Å². The van der Waals surface area contributed by atoms with Crippen molar-refractivity contribution in [2.24, 2.45) is 5.92 Å². The Bertz CT molecular complexity index is 1310. The first-order valence-corrected chi connectivity index (χ1v) is 13.4. The molecule has 38 heavy (non-hydrogen) atoms. The maximum absolute atomic E-state index is 13.0. The number of nitrogens with zero attached hydrogens (tertiary/aromatic N) is 3. The minimum absolute atomic E-state index is 0.0120. The molecule has 0 saturated heterocycles. The Morgan fingerprint density at radius 1 is 1.16 bits per heavy atom. The number of hydrogen-bond acceptors (Lipinski definition) is 7. The number of halogens is 1. The van der Waals surface area contributed by atoms with E-state index in [0.29, 0.717) is 39.4 Å². The lowest BCUT2D eigenvalue weighted by atomic mass is 10.0. The predicted molar refractivity (Wildman–Crippen MR) is 148 cm³/mol. The van der Waals surface area contributed by atoms with E-state index in [1.54, 1.807) is 61.5 Å². The predicted octanol–water partition coefficient (Wildman–Crippen LogP) is 5.15. The summed E-state index contributed by atoms with van der Waals surface area (Å²) < 4.78 is 6.83. The summed E-state index contributed by atoms with van der Waals surface area (Å²) in [7, 11) is 0. The van der Waals surface area contributed by atoms with E-state index < -0.39 is 12.0 Å². The van der Waals surface area contributed by atoms with Gasteiger partial charge in [-0.05, 0) is 43.2 Å². The molecule has 0 aliphatic heterocycles. The zero-order valence-electron chi connectivity index (χ0n) is 21.4. The van der Waals surface area contributed by atoms with Gasteiger partial charge in [0.2, 0.25) is 5.91 Å². The Labute approximate surface area is 231 Å². The SMILES string of the molecule is C=CCn1c(SCC(=O)Nc2cccc(C(=O)OCC)c2)nnc1[C@@H](NC(=O)c1ccccc1Cl)C(C)C. The molecule has 3 aromatic rings. The molecule has 0 radical (unpaired) electrons. The van der Waals surface area contributed by atoms with Gasteiger partial charge < -0.3 is 19.9 Å². The number of benzene rings is 2. The van der Waals surface area contributed by atoms with Gasteiger partial charge in [-0.1, -0.05) is 61.5 Å². The van der Waals surface area contributed by atoms with Crippen molar-refractivity contribution in [3.05, 3.63) is 83.2 Å². The van der Waals surface area contributed by atoms with Crippen LogP contribution in [0.5, 0.6) is 0 Å². The highest BCUT2D eigenvalue weighted by Gasteiger charge is 2.27. The molecule has 200 valence electrons. The number of aromatic nitrogens is 3. The quantitative estimate of drug-likeness (QED) is 0.180. The highest BCUT2D eigenvalue weighted by molar-refractivity contribution is 7.99. The maximum Gasteiger partial charge on any atom is 0.338 e. The van der Waals surface area contributed by atoms with Gasteiger partial charge in [0, 0.05) is 12.2 Å². The number of carbonyl (C=O) groups excluding carboxylic acids is 3. The molecule has 2 amide bonds. The van der Waals surface area contributed by atoms with Crippen molar-refractivity contribution >= 4 is 46.8 Å². The Kier molecular flexibility index (Phi) is 10.5. The third kappa shape index (κ3) is 7.45. The van der Waals surface area contributed by atoms with Gasteiger partial charge >= 0.3 is 5.97 Å². The fourth-order valence-electron chi connectivity index (χ4n) is 3.60.